The Bertz CT molecular complexity index is 2830. The number of nitrogens with two attached hydrogens (primary N) is 2. The lowest BCUT2D eigenvalue weighted by Crippen LogP contribution is -2.67. The quantitative estimate of drug-likeness (QED) is 0.121. The zero-order chi connectivity index (χ0) is 48.8. The highest BCUT2D eigenvalue weighted by atomic mass is 16.5. The smallest absolute Gasteiger partial charge is 0.255 e. The zero-order valence-corrected chi connectivity index (χ0v) is 36.9. The lowest BCUT2D eigenvalue weighted by atomic mass is 9.57. The van der Waals surface area contributed by atoms with Crippen LogP contribution in [0.3, 0.4) is 0 Å². The van der Waals surface area contributed by atoms with Crippen molar-refractivity contribution < 1.29 is 69.2 Å². The van der Waals surface area contributed by atoms with Gasteiger partial charge in [-0.3, -0.25) is 38.6 Å². The van der Waals surface area contributed by atoms with Crippen LogP contribution < -0.4 is 11.5 Å². The first kappa shape index (κ1) is 51.3. The number of ether oxygens (including phenoxy) is 1. The number of Topliss-reactive ketones (excluding diaryl/α,β-unsaturated/α-hetero) is 4. The first-order chi connectivity index (χ1) is 31.6. The number of fused-ring (bicyclic) bond motifs is 6. The number of likely N-dealkylation sites (N-methyl/N-ethyl adjacent to an activating group) is 2. The third kappa shape index (κ3) is 7.67. The van der Waals surface area contributed by atoms with Crippen molar-refractivity contribution in [3.63, 3.8) is 0 Å². The topological polar surface area (TPSA) is 312 Å². The molecule has 0 bridgehead atoms. The van der Waals surface area contributed by atoms with Gasteiger partial charge in [-0.2, -0.15) is 0 Å². The van der Waals surface area contributed by atoms with Gasteiger partial charge in [0.15, 0.2) is 17.0 Å². The molecule has 0 spiro atoms. The van der Waals surface area contributed by atoms with Crippen LogP contribution in [0.2, 0.25) is 0 Å². The Morgan fingerprint density at radius 2 is 1.07 bits per heavy atom. The molecule has 0 aromatic heterocycles. The molecule has 3 aromatic rings. The van der Waals surface area contributed by atoms with E-state index in [1.54, 1.807) is 57.4 Å². The van der Waals surface area contributed by atoms with Crippen LogP contribution >= 0.6 is 0 Å². The second kappa shape index (κ2) is 18.4. The van der Waals surface area contributed by atoms with Crippen molar-refractivity contribution in [2.75, 3.05) is 28.2 Å². The molecular weight excluding hydrogens is 893 g/mol. The number of hydrogen-bond acceptors (Lipinski definition) is 16. The number of benzene rings is 3. The minimum absolute atomic E-state index is 0. The molecule has 6 aliphatic carbocycles. The van der Waals surface area contributed by atoms with Gasteiger partial charge in [0, 0.05) is 23.0 Å². The molecule has 0 aliphatic heterocycles. The molecule has 6 aliphatic rings. The molecule has 0 unspecified atom stereocenters. The molecule has 0 heterocycles. The number of nitrogens with zero attached hydrogens (tertiary/aromatic N) is 2. The van der Waals surface area contributed by atoms with Gasteiger partial charge in [-0.05, 0) is 94.5 Å². The highest BCUT2D eigenvalue weighted by molar-refractivity contribution is 6.33. The van der Waals surface area contributed by atoms with Crippen molar-refractivity contribution in [3.8, 4) is 11.5 Å². The molecule has 0 radical (unpaired) electrons. The van der Waals surface area contributed by atoms with Crippen LogP contribution in [0.4, 0.5) is 0 Å². The summed E-state index contributed by atoms with van der Waals surface area (Å²) in [5.41, 5.74) is 6.24. The largest absolute Gasteiger partial charge is 0.508 e. The number of aromatic hydroxyl groups is 2. The zero-order valence-electron chi connectivity index (χ0n) is 36.9. The molecule has 8 atom stereocenters. The molecule has 2 amide bonds. The summed E-state index contributed by atoms with van der Waals surface area (Å²) in [6.07, 6.45) is 0.849. The predicted octanol–water partition coefficient (Wildman–Crippen LogP) is 2.86. The van der Waals surface area contributed by atoms with Crippen LogP contribution in [0.1, 0.15) is 55.5 Å². The van der Waals surface area contributed by atoms with Crippen molar-refractivity contribution in [1.29, 1.82) is 0 Å². The summed E-state index contributed by atoms with van der Waals surface area (Å²) in [6.45, 7) is 0.0473. The number of carbonyl (C=O) groups excluding carboxylic acids is 6. The molecule has 11 N–H and O–H groups in total. The van der Waals surface area contributed by atoms with Crippen molar-refractivity contribution >= 4 is 46.5 Å². The van der Waals surface area contributed by atoms with E-state index in [2.05, 4.69) is 0 Å². The molecule has 9 rings (SSSR count). The van der Waals surface area contributed by atoms with Crippen molar-refractivity contribution in [2.45, 2.75) is 70.4 Å². The lowest BCUT2D eigenvalue weighted by molar-refractivity contribution is -0.163. The minimum atomic E-state index is -2.64. The Morgan fingerprint density at radius 3 is 1.52 bits per heavy atom. The Hall–Kier alpha value is -7.12. The summed E-state index contributed by atoms with van der Waals surface area (Å²) < 4.78 is 6.05. The summed E-state index contributed by atoms with van der Waals surface area (Å²) in [5, 5.41) is 76.3. The fourth-order valence-electron chi connectivity index (χ4n) is 11.2. The summed E-state index contributed by atoms with van der Waals surface area (Å²) in [5.74, 6) is -11.8. The van der Waals surface area contributed by atoms with E-state index in [1.807, 2.05) is 30.3 Å². The van der Waals surface area contributed by atoms with E-state index in [4.69, 9.17) is 16.2 Å². The Labute approximate surface area is 398 Å². The third-order valence-electron chi connectivity index (χ3n) is 14.1. The summed E-state index contributed by atoms with van der Waals surface area (Å²) >= 11 is 0. The monoisotopic (exact) mass is 950 g/mol. The maximum atomic E-state index is 13.9. The summed E-state index contributed by atoms with van der Waals surface area (Å²) in [6, 6.07) is 16.7. The first-order valence-electron chi connectivity index (χ1n) is 21.5. The molecule has 3 aromatic carbocycles. The average Bonchev–Trinajstić information content (AvgIpc) is 3.25. The number of rotatable bonds is 7. The maximum Gasteiger partial charge on any atom is 0.255 e. The minimum Gasteiger partial charge on any atom is -0.508 e. The number of carbonyl (C=O) groups is 6. The summed E-state index contributed by atoms with van der Waals surface area (Å²) in [4.78, 5) is 81.6. The van der Waals surface area contributed by atoms with Gasteiger partial charge in [0.25, 0.3) is 11.8 Å². The van der Waals surface area contributed by atoms with Crippen LogP contribution in [-0.2, 0) is 53.0 Å². The van der Waals surface area contributed by atoms with Gasteiger partial charge >= 0.3 is 0 Å². The van der Waals surface area contributed by atoms with E-state index in [1.165, 1.54) is 17.0 Å². The maximum absolute atomic E-state index is 13.9. The van der Waals surface area contributed by atoms with Crippen LogP contribution in [-0.4, -0.2) is 132 Å². The second-order valence-corrected chi connectivity index (χ2v) is 18.3. The molecule has 2 fully saturated rings. The molecule has 366 valence electrons. The predicted molar refractivity (Wildman–Crippen MR) is 251 cm³/mol. The van der Waals surface area contributed by atoms with E-state index >= 15 is 0 Å². The number of phenols is 2. The van der Waals surface area contributed by atoms with Crippen LogP contribution in [0.25, 0.3) is 11.5 Å². The molecule has 2 saturated carbocycles. The van der Waals surface area contributed by atoms with Crippen molar-refractivity contribution in [3.05, 3.63) is 128 Å². The molecule has 0 saturated heterocycles. The van der Waals surface area contributed by atoms with Gasteiger partial charge in [0.05, 0.1) is 23.2 Å². The summed E-state index contributed by atoms with van der Waals surface area (Å²) in [7, 11) is 6.52. The number of amides is 2. The molecule has 69 heavy (non-hydrogen) atoms. The van der Waals surface area contributed by atoms with Gasteiger partial charge in [0.1, 0.15) is 52.3 Å². The van der Waals surface area contributed by atoms with Crippen molar-refractivity contribution in [2.24, 2.45) is 35.1 Å². The fourth-order valence-corrected chi connectivity index (χ4v) is 11.2. The second-order valence-electron chi connectivity index (χ2n) is 18.3. The van der Waals surface area contributed by atoms with E-state index in [9.17, 15) is 64.5 Å². The Balaban J connectivity index is 0.000000225. The Morgan fingerprint density at radius 1 is 0.623 bits per heavy atom. The van der Waals surface area contributed by atoms with E-state index in [0.29, 0.717) is 24.0 Å². The third-order valence-corrected chi connectivity index (χ3v) is 14.1. The molecule has 18 heteroatoms. The first-order valence-corrected chi connectivity index (χ1v) is 21.5. The van der Waals surface area contributed by atoms with Gasteiger partial charge in [-0.1, -0.05) is 69.5 Å². The van der Waals surface area contributed by atoms with Gasteiger partial charge in [-0.25, -0.2) is 0 Å². The molecular formula is C51H58N4O14. The van der Waals surface area contributed by atoms with Crippen LogP contribution in [0, 0.1) is 23.7 Å². The number of phenolic OH excluding ortho intramolecular Hbond substituents is 2. The Kier molecular flexibility index (Phi) is 13.7. The van der Waals surface area contributed by atoms with Crippen molar-refractivity contribution in [1.82, 2.24) is 9.80 Å². The highest BCUT2D eigenvalue weighted by Gasteiger charge is 2.66. The van der Waals surface area contributed by atoms with E-state index in [-0.39, 0.29) is 73.8 Å². The molecule has 18 nitrogen and oxygen atoms in total. The highest BCUT2D eigenvalue weighted by Crippen LogP contribution is 2.54. The van der Waals surface area contributed by atoms with Gasteiger partial charge < -0.3 is 51.9 Å². The van der Waals surface area contributed by atoms with E-state index < -0.39 is 110 Å². The number of primary amides is 2. The number of ketones is 4. The number of aliphatic hydroxyl groups is 5. The van der Waals surface area contributed by atoms with Gasteiger partial charge in [-0.15, -0.1) is 0 Å². The lowest BCUT2D eigenvalue weighted by Gasteiger charge is -2.50. The van der Waals surface area contributed by atoms with E-state index in [0.717, 1.165) is 5.56 Å². The SMILES string of the molecule is C.C.CN(C)[C@@H]1C(=O)C(C(N)=O)=C(O)[C@@]2(O)C(=O)C3=C(O)c4c(O)cccc4C[C@H]3C[C@@H]12.CN(C)[C@@H]1C(OCc2ccccc2)=C(C(N)=O)C(=O)[C@@]2(O)C(=O)C3=C(O)c4c(O)cccc4C[C@H]3C[C@@H]12. The van der Waals surface area contributed by atoms with Gasteiger partial charge in [0.2, 0.25) is 17.3 Å². The van der Waals surface area contributed by atoms with Crippen LogP contribution in [0.15, 0.2) is 101 Å². The van der Waals surface area contributed by atoms with Crippen LogP contribution in [0.5, 0.6) is 11.5 Å². The standard InChI is InChI=1S/C28H28N2O7.C21H22N2O7.2CH4/c1-30(2)22-17-12-16-11-15-9-6-10-18(31)19(15)23(32)20(16)25(33)28(17,36)26(34)21(27(29)35)24(22)37-13-14-7-4-3-5-8-14;1-23(2)15-10-7-9-6-8-4-3-5-11(24)12(8)16(25)13(9)18(27)21(10,30)19(28)14(17(15)26)20(22)29;;/h3-10,16-17,22,31-32,36H,11-13H2,1-2H3,(H2,29,35);3-5,9-10,15,24-25,28,30H,6-7H2,1-2H3,(H2,22,29);2*1H4/t16-,17-,22-,28-;9-,10-,15-,21-;;/m00../s1. The average molecular weight is 951 g/mol. The normalized spacial score (nSPS) is 27.9. The number of aliphatic hydroxyl groups excluding tert-OH is 3. The fraction of sp³-hybridized carbons (Fsp3) is 0.373. The number of hydrogen-bond donors (Lipinski definition) is 9.